The molecule has 0 aliphatic carbocycles. The van der Waals surface area contributed by atoms with E-state index in [9.17, 15) is 10.1 Å². The fourth-order valence-corrected chi connectivity index (χ4v) is 2.29. The lowest BCUT2D eigenvalue weighted by atomic mass is 10.0. The number of hydrogen-bond donors (Lipinski definition) is 0. The molecule has 0 saturated carbocycles. The highest BCUT2D eigenvalue weighted by atomic mass is 16.5. The molecule has 0 aromatic heterocycles. The summed E-state index contributed by atoms with van der Waals surface area (Å²) in [6, 6.07) is 13.9. The summed E-state index contributed by atoms with van der Waals surface area (Å²) in [5, 5.41) is 9.39. The van der Waals surface area contributed by atoms with E-state index in [4.69, 9.17) is 14.2 Å². The number of ether oxygens (including phenoxy) is 3. The smallest absolute Gasteiger partial charge is 0.203 e. The minimum Gasteiger partial charge on any atom is -0.497 e. The predicted molar refractivity (Wildman–Crippen MR) is 95.1 cm³/mol. The highest BCUT2D eigenvalue weighted by Gasteiger charge is 2.14. The number of allylic oxidation sites excluding steroid dienone is 1. The van der Waals surface area contributed by atoms with E-state index in [0.717, 1.165) is 0 Å². The maximum absolute atomic E-state index is 12.6. The molecule has 128 valence electrons. The zero-order chi connectivity index (χ0) is 18.2. The maximum Gasteiger partial charge on any atom is 0.203 e. The number of rotatable bonds is 7. The molecule has 0 bridgehead atoms. The average molecular weight is 337 g/mol. The Morgan fingerprint density at radius 2 is 1.92 bits per heavy atom. The summed E-state index contributed by atoms with van der Waals surface area (Å²) in [6.07, 6.45) is 1.53. The van der Waals surface area contributed by atoms with Gasteiger partial charge in [-0.25, -0.2) is 0 Å². The van der Waals surface area contributed by atoms with Crippen LogP contribution in [-0.4, -0.2) is 26.6 Å². The molecule has 0 unspecified atom stereocenters. The molecule has 0 aliphatic rings. The van der Waals surface area contributed by atoms with Gasteiger partial charge in [-0.1, -0.05) is 18.2 Å². The Labute approximate surface area is 147 Å². The second kappa shape index (κ2) is 8.55. The first-order valence-electron chi connectivity index (χ1n) is 7.74. The third kappa shape index (κ3) is 4.39. The number of hydrogen-bond acceptors (Lipinski definition) is 5. The summed E-state index contributed by atoms with van der Waals surface area (Å²) < 4.78 is 15.9. The number of benzene rings is 2. The Morgan fingerprint density at radius 1 is 1.12 bits per heavy atom. The van der Waals surface area contributed by atoms with Gasteiger partial charge in [0, 0.05) is 5.56 Å². The van der Waals surface area contributed by atoms with Crippen molar-refractivity contribution in [3.8, 4) is 23.3 Å². The van der Waals surface area contributed by atoms with Crippen LogP contribution in [0.25, 0.3) is 6.08 Å². The fraction of sp³-hybridized carbons (Fsp3) is 0.200. The van der Waals surface area contributed by atoms with Crippen LogP contribution in [0.1, 0.15) is 22.8 Å². The average Bonchev–Trinajstić information content (AvgIpc) is 2.66. The number of methoxy groups -OCH3 is 2. The lowest BCUT2D eigenvalue weighted by molar-refractivity contribution is 0.103. The van der Waals surface area contributed by atoms with E-state index in [0.29, 0.717) is 35.0 Å². The van der Waals surface area contributed by atoms with Crippen molar-refractivity contribution in [2.24, 2.45) is 0 Å². The molecule has 2 rings (SSSR count). The van der Waals surface area contributed by atoms with E-state index >= 15 is 0 Å². The number of nitriles is 1. The lowest BCUT2D eigenvalue weighted by Gasteiger charge is -2.10. The zero-order valence-corrected chi connectivity index (χ0v) is 14.4. The van der Waals surface area contributed by atoms with Gasteiger partial charge in [-0.05, 0) is 42.8 Å². The van der Waals surface area contributed by atoms with Gasteiger partial charge in [0.15, 0.2) is 11.5 Å². The van der Waals surface area contributed by atoms with Crippen LogP contribution in [0.3, 0.4) is 0 Å². The van der Waals surface area contributed by atoms with E-state index < -0.39 is 0 Å². The molecule has 0 amide bonds. The van der Waals surface area contributed by atoms with Gasteiger partial charge in [-0.2, -0.15) is 5.26 Å². The van der Waals surface area contributed by atoms with Crippen LogP contribution in [0.2, 0.25) is 0 Å². The summed E-state index contributed by atoms with van der Waals surface area (Å²) in [7, 11) is 3.08. The van der Waals surface area contributed by atoms with Crippen molar-refractivity contribution in [1.82, 2.24) is 0 Å². The molecule has 5 heteroatoms. The molecule has 0 fully saturated rings. The van der Waals surface area contributed by atoms with E-state index in [1.54, 1.807) is 49.6 Å². The lowest BCUT2D eigenvalue weighted by Crippen LogP contribution is -2.02. The molecule has 2 aromatic rings. The quantitative estimate of drug-likeness (QED) is 0.435. The number of ketones is 1. The van der Waals surface area contributed by atoms with Crippen molar-refractivity contribution in [2.45, 2.75) is 6.92 Å². The largest absolute Gasteiger partial charge is 0.497 e. The van der Waals surface area contributed by atoms with Gasteiger partial charge in [0.05, 0.1) is 20.8 Å². The number of carbonyl (C=O) groups excluding carboxylic acids is 1. The van der Waals surface area contributed by atoms with Crippen molar-refractivity contribution in [1.29, 1.82) is 5.26 Å². The topological polar surface area (TPSA) is 68.5 Å². The van der Waals surface area contributed by atoms with E-state index in [2.05, 4.69) is 0 Å². The third-order valence-corrected chi connectivity index (χ3v) is 3.50. The fourth-order valence-electron chi connectivity index (χ4n) is 2.29. The summed E-state index contributed by atoms with van der Waals surface area (Å²) in [4.78, 5) is 12.6. The Hall–Kier alpha value is -3.26. The SMILES string of the molecule is CCOc1cc(/C=C(\C#N)C(=O)c2cccc(OC)c2)ccc1OC. The summed E-state index contributed by atoms with van der Waals surface area (Å²) in [5.41, 5.74) is 1.10. The van der Waals surface area contributed by atoms with Gasteiger partial charge in [0.2, 0.25) is 5.78 Å². The number of Topliss-reactive ketones (excluding diaryl/α,β-unsaturated/α-hetero) is 1. The first kappa shape index (κ1) is 18.1. The second-order valence-corrected chi connectivity index (χ2v) is 5.07. The monoisotopic (exact) mass is 337 g/mol. The molecule has 0 spiro atoms. The van der Waals surface area contributed by atoms with Crippen molar-refractivity contribution in [3.05, 3.63) is 59.2 Å². The van der Waals surface area contributed by atoms with Crippen LogP contribution in [0.5, 0.6) is 17.2 Å². The minimum absolute atomic E-state index is 0.0286. The van der Waals surface area contributed by atoms with Crippen molar-refractivity contribution < 1.29 is 19.0 Å². The van der Waals surface area contributed by atoms with Gasteiger partial charge >= 0.3 is 0 Å². The summed E-state index contributed by atoms with van der Waals surface area (Å²) in [6.45, 7) is 2.35. The molecular weight excluding hydrogens is 318 g/mol. The van der Waals surface area contributed by atoms with E-state index in [1.807, 2.05) is 13.0 Å². The molecule has 5 nitrogen and oxygen atoms in total. The highest BCUT2D eigenvalue weighted by molar-refractivity contribution is 6.14. The Morgan fingerprint density at radius 3 is 2.56 bits per heavy atom. The first-order chi connectivity index (χ1) is 12.1. The zero-order valence-electron chi connectivity index (χ0n) is 14.4. The Bertz CT molecular complexity index is 834. The van der Waals surface area contributed by atoms with Gasteiger partial charge in [0.1, 0.15) is 17.4 Å². The molecule has 0 saturated heterocycles. The van der Waals surface area contributed by atoms with Crippen LogP contribution < -0.4 is 14.2 Å². The molecule has 0 heterocycles. The molecule has 0 N–H and O–H groups in total. The Kier molecular flexibility index (Phi) is 6.19. The normalized spacial score (nSPS) is 10.7. The third-order valence-electron chi connectivity index (χ3n) is 3.50. The van der Waals surface area contributed by atoms with Crippen molar-refractivity contribution in [3.63, 3.8) is 0 Å². The summed E-state index contributed by atoms with van der Waals surface area (Å²) in [5.74, 6) is 1.35. The van der Waals surface area contributed by atoms with Crippen molar-refractivity contribution in [2.75, 3.05) is 20.8 Å². The van der Waals surface area contributed by atoms with Gasteiger partial charge in [-0.15, -0.1) is 0 Å². The van der Waals surface area contributed by atoms with Gasteiger partial charge in [-0.3, -0.25) is 4.79 Å². The van der Waals surface area contributed by atoms with E-state index in [1.165, 1.54) is 13.2 Å². The van der Waals surface area contributed by atoms with Crippen LogP contribution in [0.4, 0.5) is 0 Å². The van der Waals surface area contributed by atoms with Crippen LogP contribution >= 0.6 is 0 Å². The molecule has 0 atom stereocenters. The molecule has 0 aliphatic heterocycles. The first-order valence-corrected chi connectivity index (χ1v) is 7.74. The minimum atomic E-state index is -0.366. The standard InChI is InChI=1S/C20H19NO4/c1-4-25-19-11-14(8-9-18(19)24-3)10-16(13-21)20(22)15-6-5-7-17(12-15)23-2/h5-12H,4H2,1-3H3/b16-10+. The molecule has 2 aromatic carbocycles. The number of carbonyl (C=O) groups is 1. The van der Waals surface area contributed by atoms with Gasteiger partial charge in [0.25, 0.3) is 0 Å². The predicted octanol–water partition coefficient (Wildman–Crippen LogP) is 3.89. The van der Waals surface area contributed by atoms with Crippen LogP contribution in [0.15, 0.2) is 48.0 Å². The van der Waals surface area contributed by atoms with Crippen LogP contribution in [-0.2, 0) is 0 Å². The Balaban J connectivity index is 2.38. The molecule has 25 heavy (non-hydrogen) atoms. The second-order valence-electron chi connectivity index (χ2n) is 5.07. The number of nitrogens with zero attached hydrogens (tertiary/aromatic N) is 1. The van der Waals surface area contributed by atoms with Crippen molar-refractivity contribution >= 4 is 11.9 Å². The maximum atomic E-state index is 12.6. The molecule has 0 radical (unpaired) electrons. The van der Waals surface area contributed by atoms with E-state index in [-0.39, 0.29) is 11.4 Å². The summed E-state index contributed by atoms with van der Waals surface area (Å²) >= 11 is 0. The molecular formula is C20H19NO4. The van der Waals surface area contributed by atoms with Crippen LogP contribution in [0, 0.1) is 11.3 Å². The van der Waals surface area contributed by atoms with Gasteiger partial charge < -0.3 is 14.2 Å². The highest BCUT2D eigenvalue weighted by Crippen LogP contribution is 2.29.